The highest BCUT2D eigenvalue weighted by Gasteiger charge is 2.20. The molecule has 0 spiro atoms. The van der Waals surface area contributed by atoms with Crippen LogP contribution in [0, 0.1) is 5.82 Å². The molecule has 0 aliphatic heterocycles. The highest BCUT2D eigenvalue weighted by atomic mass is 35.5. The van der Waals surface area contributed by atoms with Crippen molar-refractivity contribution < 1.29 is 12.8 Å². The van der Waals surface area contributed by atoms with Crippen LogP contribution in [0.1, 0.15) is 0 Å². The van der Waals surface area contributed by atoms with E-state index in [0.717, 1.165) is 5.56 Å². The maximum atomic E-state index is 13.9. The van der Waals surface area contributed by atoms with Gasteiger partial charge in [-0.25, -0.2) is 22.6 Å². The Morgan fingerprint density at radius 3 is 2.31 bits per heavy atom. The van der Waals surface area contributed by atoms with Crippen LogP contribution in [-0.4, -0.2) is 18.2 Å². The van der Waals surface area contributed by atoms with Crippen molar-refractivity contribution in [3.63, 3.8) is 0 Å². The van der Waals surface area contributed by atoms with Crippen LogP contribution in [0.5, 0.6) is 0 Å². The summed E-state index contributed by atoms with van der Waals surface area (Å²) >= 11 is 5.97. The lowest BCUT2D eigenvalue weighted by atomic mass is 10.1. The summed E-state index contributed by atoms with van der Waals surface area (Å²) in [6.07, 6.45) is 0. The van der Waals surface area contributed by atoms with Crippen LogP contribution >= 0.6 is 11.6 Å². The Morgan fingerprint density at radius 1 is 0.897 bits per heavy atom. The molecule has 0 aliphatic carbocycles. The van der Waals surface area contributed by atoms with E-state index in [0.29, 0.717) is 22.0 Å². The monoisotopic (exact) mass is 427 g/mol. The molecule has 0 bridgehead atoms. The third kappa shape index (κ3) is 3.93. The molecule has 5 nitrogen and oxygen atoms in total. The molecule has 4 aromatic rings. The minimum Gasteiger partial charge on any atom is -0.231 e. The number of nitrogens with two attached hydrogens (primary N) is 1. The molecular weight excluding hydrogens is 413 g/mol. The topological polar surface area (TPSA) is 78.0 Å². The first-order valence-electron chi connectivity index (χ1n) is 8.57. The Labute approximate surface area is 172 Å². The predicted molar refractivity (Wildman–Crippen MR) is 111 cm³/mol. The molecule has 0 saturated carbocycles. The lowest BCUT2D eigenvalue weighted by molar-refractivity contribution is 0.596. The fourth-order valence-corrected chi connectivity index (χ4v) is 3.89. The maximum absolute atomic E-state index is 13.9. The summed E-state index contributed by atoms with van der Waals surface area (Å²) in [4.78, 5) is -0.0802. The van der Waals surface area contributed by atoms with Gasteiger partial charge >= 0.3 is 0 Å². The van der Waals surface area contributed by atoms with Crippen LogP contribution in [0.25, 0.3) is 28.2 Å². The van der Waals surface area contributed by atoms with Crippen LogP contribution in [0.3, 0.4) is 0 Å². The van der Waals surface area contributed by atoms with E-state index in [1.54, 1.807) is 60.7 Å². The molecule has 3 aromatic carbocycles. The van der Waals surface area contributed by atoms with Crippen LogP contribution < -0.4 is 5.14 Å². The Hall–Kier alpha value is -3.00. The first kappa shape index (κ1) is 19.3. The zero-order chi connectivity index (χ0) is 20.6. The van der Waals surface area contributed by atoms with Crippen LogP contribution in [0.15, 0.2) is 83.8 Å². The number of sulfonamides is 1. The second-order valence-corrected chi connectivity index (χ2v) is 8.32. The molecule has 29 heavy (non-hydrogen) atoms. The average molecular weight is 428 g/mol. The molecule has 0 aliphatic rings. The predicted octanol–water partition coefficient (Wildman–Crippen LogP) is 4.65. The SMILES string of the molecule is NS(=O)(=O)c1ccccc1-n1nc(-c2ccc(Cl)cc2)cc1-c1cccc(F)c1. The van der Waals surface area contributed by atoms with E-state index in [1.165, 1.54) is 22.9 Å². The summed E-state index contributed by atoms with van der Waals surface area (Å²) in [7, 11) is -4.00. The number of hydrogen-bond acceptors (Lipinski definition) is 3. The second kappa shape index (κ2) is 7.44. The summed E-state index contributed by atoms with van der Waals surface area (Å²) in [5, 5.41) is 10.6. The van der Waals surface area contributed by atoms with Gasteiger partial charge in [-0.1, -0.05) is 48.0 Å². The molecule has 1 heterocycles. The molecule has 2 N–H and O–H groups in total. The van der Waals surface area contributed by atoms with Crippen molar-refractivity contribution in [1.29, 1.82) is 0 Å². The number of para-hydroxylation sites is 1. The lowest BCUT2D eigenvalue weighted by Gasteiger charge is -2.11. The van der Waals surface area contributed by atoms with Crippen LogP contribution in [-0.2, 0) is 10.0 Å². The quantitative estimate of drug-likeness (QED) is 0.515. The molecule has 1 aromatic heterocycles. The van der Waals surface area contributed by atoms with Gasteiger partial charge in [-0.3, -0.25) is 0 Å². The van der Waals surface area contributed by atoms with Crippen molar-refractivity contribution in [2.45, 2.75) is 4.90 Å². The fourth-order valence-electron chi connectivity index (χ4n) is 3.05. The third-order valence-corrected chi connectivity index (χ3v) is 5.58. The minimum absolute atomic E-state index is 0.0802. The number of rotatable bonds is 4. The highest BCUT2D eigenvalue weighted by molar-refractivity contribution is 7.89. The van der Waals surface area contributed by atoms with Crippen LogP contribution in [0.2, 0.25) is 5.02 Å². The number of nitrogens with zero attached hydrogens (tertiary/aromatic N) is 2. The van der Waals surface area contributed by atoms with Gasteiger partial charge in [0.2, 0.25) is 10.0 Å². The van der Waals surface area contributed by atoms with E-state index < -0.39 is 15.8 Å². The smallest absolute Gasteiger partial charge is 0.231 e. The molecular formula is C21H15ClFN3O2S. The standard InChI is InChI=1S/C21H15ClFN3O2S/c22-16-10-8-14(9-11-16)18-13-20(15-4-3-5-17(23)12-15)26(25-18)19-6-1-2-7-21(19)29(24,27)28/h1-13H,(H2,24,27,28). The minimum atomic E-state index is -4.00. The third-order valence-electron chi connectivity index (χ3n) is 4.37. The van der Waals surface area contributed by atoms with Gasteiger partial charge in [0, 0.05) is 16.1 Å². The normalized spacial score (nSPS) is 11.6. The molecule has 0 saturated heterocycles. The van der Waals surface area contributed by atoms with Crippen molar-refractivity contribution >= 4 is 21.6 Å². The zero-order valence-electron chi connectivity index (χ0n) is 15.0. The number of aromatic nitrogens is 2. The van der Waals surface area contributed by atoms with E-state index in [-0.39, 0.29) is 10.6 Å². The van der Waals surface area contributed by atoms with Gasteiger partial charge < -0.3 is 0 Å². The van der Waals surface area contributed by atoms with Crippen molar-refractivity contribution in [1.82, 2.24) is 9.78 Å². The van der Waals surface area contributed by atoms with Gasteiger partial charge in [0.25, 0.3) is 0 Å². The van der Waals surface area contributed by atoms with Crippen LogP contribution in [0.4, 0.5) is 4.39 Å². The Morgan fingerprint density at radius 2 is 1.62 bits per heavy atom. The maximum Gasteiger partial charge on any atom is 0.240 e. The summed E-state index contributed by atoms with van der Waals surface area (Å²) in [5.41, 5.74) is 2.69. The molecule has 0 fully saturated rings. The van der Waals surface area contributed by atoms with E-state index in [4.69, 9.17) is 16.7 Å². The number of primary sulfonamides is 1. The molecule has 0 atom stereocenters. The first-order valence-corrected chi connectivity index (χ1v) is 10.5. The Bertz CT molecular complexity index is 1300. The number of halogens is 2. The van der Waals surface area contributed by atoms with Gasteiger partial charge in [-0.2, -0.15) is 5.10 Å². The van der Waals surface area contributed by atoms with Crippen molar-refractivity contribution in [2.75, 3.05) is 0 Å². The average Bonchev–Trinajstić information content (AvgIpc) is 3.13. The number of benzene rings is 3. The van der Waals surface area contributed by atoms with Gasteiger partial charge in [0.05, 0.1) is 17.1 Å². The van der Waals surface area contributed by atoms with Gasteiger partial charge in [0.15, 0.2) is 0 Å². The fraction of sp³-hybridized carbons (Fsp3) is 0. The summed E-state index contributed by atoms with van der Waals surface area (Å²) < 4.78 is 39.5. The lowest BCUT2D eigenvalue weighted by Crippen LogP contribution is -2.16. The highest BCUT2D eigenvalue weighted by Crippen LogP contribution is 2.31. The second-order valence-electron chi connectivity index (χ2n) is 6.36. The molecule has 0 radical (unpaired) electrons. The largest absolute Gasteiger partial charge is 0.240 e. The summed E-state index contributed by atoms with van der Waals surface area (Å²) in [5.74, 6) is -0.414. The van der Waals surface area contributed by atoms with E-state index in [9.17, 15) is 12.8 Å². The molecule has 0 amide bonds. The van der Waals surface area contributed by atoms with E-state index in [1.807, 2.05) is 0 Å². The molecule has 146 valence electrons. The summed E-state index contributed by atoms with van der Waals surface area (Å²) in [6.45, 7) is 0. The molecule has 0 unspecified atom stereocenters. The van der Waals surface area contributed by atoms with Crippen molar-refractivity contribution in [2.24, 2.45) is 5.14 Å². The van der Waals surface area contributed by atoms with Crippen molar-refractivity contribution in [3.8, 4) is 28.2 Å². The van der Waals surface area contributed by atoms with E-state index >= 15 is 0 Å². The Kier molecular flexibility index (Phi) is 4.96. The van der Waals surface area contributed by atoms with E-state index in [2.05, 4.69) is 5.10 Å². The van der Waals surface area contributed by atoms with Crippen molar-refractivity contribution in [3.05, 3.63) is 89.7 Å². The van der Waals surface area contributed by atoms with Gasteiger partial charge in [-0.05, 0) is 42.5 Å². The number of hydrogen-bond donors (Lipinski definition) is 1. The first-order chi connectivity index (χ1) is 13.8. The Balaban J connectivity index is 1.99. The molecule has 4 rings (SSSR count). The summed E-state index contributed by atoms with van der Waals surface area (Å²) in [6, 6.07) is 21.1. The van der Waals surface area contributed by atoms with Gasteiger partial charge in [0.1, 0.15) is 10.7 Å². The zero-order valence-corrected chi connectivity index (χ0v) is 16.5. The molecule has 8 heteroatoms. The van der Waals surface area contributed by atoms with Gasteiger partial charge in [-0.15, -0.1) is 0 Å².